The van der Waals surface area contributed by atoms with E-state index in [9.17, 15) is 0 Å². The van der Waals surface area contributed by atoms with E-state index in [0.29, 0.717) is 0 Å². The van der Waals surface area contributed by atoms with Crippen molar-refractivity contribution in [2.24, 2.45) is 0 Å². The first-order valence-electron chi connectivity index (χ1n) is 4.62. The van der Waals surface area contributed by atoms with Crippen molar-refractivity contribution in [1.82, 2.24) is 5.32 Å². The number of nitrogens with zero attached hydrogens (tertiary/aromatic N) is 1. The fraction of sp³-hybridized carbons (Fsp3) is 1.00. The van der Waals surface area contributed by atoms with Crippen LogP contribution < -0.4 is 5.32 Å². The molecule has 1 rings (SSSR count). The van der Waals surface area contributed by atoms with Crippen molar-refractivity contribution in [1.29, 1.82) is 0 Å². The van der Waals surface area contributed by atoms with Gasteiger partial charge < -0.3 is 9.80 Å². The van der Waals surface area contributed by atoms with E-state index in [1.54, 1.807) is 0 Å². The highest BCUT2D eigenvalue weighted by Gasteiger charge is 2.31. The highest BCUT2D eigenvalue weighted by Crippen LogP contribution is 2.13. The summed E-state index contributed by atoms with van der Waals surface area (Å²) in [6.45, 7) is 7.02. The highest BCUT2D eigenvalue weighted by molar-refractivity contribution is 4.72. The monoisotopic (exact) mass is 157 g/mol. The van der Waals surface area contributed by atoms with E-state index in [4.69, 9.17) is 0 Å². The molecule has 1 aliphatic heterocycles. The van der Waals surface area contributed by atoms with Crippen LogP contribution in [0.15, 0.2) is 0 Å². The Bertz CT molecular complexity index is 132. The second-order valence-electron chi connectivity index (χ2n) is 4.32. The molecule has 1 saturated heterocycles. The van der Waals surface area contributed by atoms with Gasteiger partial charge in [0.25, 0.3) is 0 Å². The van der Waals surface area contributed by atoms with Crippen molar-refractivity contribution >= 4 is 0 Å². The minimum atomic E-state index is 0.737. The Hall–Kier alpha value is -0.0800. The number of hydrogen-bond acceptors (Lipinski definition) is 1. The van der Waals surface area contributed by atoms with Gasteiger partial charge in [0.1, 0.15) is 0 Å². The van der Waals surface area contributed by atoms with E-state index in [1.165, 1.54) is 24.0 Å². The average molecular weight is 157 g/mol. The number of likely N-dealkylation sites (N-methyl/N-ethyl adjacent to an activating group) is 1. The third-order valence-corrected chi connectivity index (χ3v) is 3.08. The topological polar surface area (TPSA) is 12.0 Å². The fourth-order valence-corrected chi connectivity index (χ4v) is 1.67. The molecule has 0 aromatic carbocycles. The quantitative estimate of drug-likeness (QED) is 0.556. The van der Waals surface area contributed by atoms with Gasteiger partial charge in [-0.1, -0.05) is 6.92 Å². The Morgan fingerprint density at radius 3 is 2.55 bits per heavy atom. The molecule has 1 N–H and O–H groups in total. The summed E-state index contributed by atoms with van der Waals surface area (Å²) in [6, 6.07) is 1.50. The minimum absolute atomic E-state index is 0.737. The van der Waals surface area contributed by atoms with Crippen LogP contribution in [0.1, 0.15) is 20.3 Å². The Balaban J connectivity index is 2.52. The molecule has 0 saturated carbocycles. The molecule has 2 heteroatoms. The van der Waals surface area contributed by atoms with Gasteiger partial charge in [-0.05, 0) is 13.3 Å². The van der Waals surface area contributed by atoms with Gasteiger partial charge in [0.05, 0.1) is 32.7 Å². The molecule has 0 aromatic heterocycles. The van der Waals surface area contributed by atoms with E-state index in [2.05, 4.69) is 33.3 Å². The first-order chi connectivity index (χ1) is 5.06. The predicted octanol–water partition coefficient (Wildman–Crippen LogP) is 0.833. The molecule has 2 atom stereocenters. The van der Waals surface area contributed by atoms with Crippen LogP contribution in [0.5, 0.6) is 0 Å². The summed E-state index contributed by atoms with van der Waals surface area (Å²) in [5, 5.41) is 3.56. The van der Waals surface area contributed by atoms with Crippen LogP contribution in [0, 0.1) is 0 Å². The fourth-order valence-electron chi connectivity index (χ4n) is 1.67. The van der Waals surface area contributed by atoms with E-state index in [1.807, 2.05) is 0 Å². The maximum Gasteiger partial charge on any atom is 0.0984 e. The lowest BCUT2D eigenvalue weighted by atomic mass is 10.1. The molecular weight excluding hydrogens is 136 g/mol. The normalized spacial score (nSPS) is 37.1. The summed E-state index contributed by atoms with van der Waals surface area (Å²) < 4.78 is 1.17. The van der Waals surface area contributed by atoms with Crippen LogP contribution in [0.25, 0.3) is 0 Å². The maximum absolute atomic E-state index is 3.56. The van der Waals surface area contributed by atoms with Crippen molar-refractivity contribution in [3.8, 4) is 0 Å². The molecule has 0 aromatic rings. The smallest absolute Gasteiger partial charge is 0.0984 e. The Labute approximate surface area is 70.2 Å². The van der Waals surface area contributed by atoms with Gasteiger partial charge in [0, 0.05) is 6.54 Å². The molecule has 1 aliphatic rings. The molecule has 0 amide bonds. The van der Waals surface area contributed by atoms with Crippen molar-refractivity contribution in [3.63, 3.8) is 0 Å². The standard InChI is InChI=1S/C9H21N2/c1-5-9-7-11(3,4)8(2)6-10-9/h8-10H,5-7H2,1-4H3/q+1. The maximum atomic E-state index is 3.56. The molecule has 0 spiro atoms. The number of nitrogens with one attached hydrogen (secondary N) is 1. The van der Waals surface area contributed by atoms with Crippen LogP contribution in [0.2, 0.25) is 0 Å². The molecule has 0 aliphatic carbocycles. The van der Waals surface area contributed by atoms with Crippen molar-refractivity contribution in [2.75, 3.05) is 27.2 Å². The van der Waals surface area contributed by atoms with E-state index < -0.39 is 0 Å². The molecule has 1 heterocycles. The Morgan fingerprint density at radius 2 is 2.09 bits per heavy atom. The summed E-state index contributed by atoms with van der Waals surface area (Å²) in [6.07, 6.45) is 1.26. The first-order valence-corrected chi connectivity index (χ1v) is 4.62. The highest BCUT2D eigenvalue weighted by atomic mass is 15.4. The predicted molar refractivity (Wildman–Crippen MR) is 48.5 cm³/mol. The number of rotatable bonds is 1. The molecule has 2 nitrogen and oxygen atoms in total. The summed E-state index contributed by atoms with van der Waals surface area (Å²) in [7, 11) is 4.66. The zero-order valence-corrected chi connectivity index (χ0v) is 8.22. The molecule has 66 valence electrons. The zero-order chi connectivity index (χ0) is 8.48. The third-order valence-electron chi connectivity index (χ3n) is 3.08. The summed E-state index contributed by atoms with van der Waals surface area (Å²) >= 11 is 0. The SMILES string of the molecule is CCC1C[N+](C)(C)C(C)CN1. The van der Waals surface area contributed by atoms with Gasteiger partial charge in [-0.25, -0.2) is 0 Å². The lowest BCUT2D eigenvalue weighted by Crippen LogP contribution is -2.63. The molecule has 2 unspecified atom stereocenters. The minimum Gasteiger partial charge on any atom is -0.324 e. The van der Waals surface area contributed by atoms with Gasteiger partial charge in [0.15, 0.2) is 0 Å². The van der Waals surface area contributed by atoms with Crippen molar-refractivity contribution in [2.45, 2.75) is 32.4 Å². The number of hydrogen-bond donors (Lipinski definition) is 1. The summed E-state index contributed by atoms with van der Waals surface area (Å²) in [5.41, 5.74) is 0. The molecular formula is C9H21N2+. The zero-order valence-electron chi connectivity index (χ0n) is 8.22. The van der Waals surface area contributed by atoms with Gasteiger partial charge in [-0.15, -0.1) is 0 Å². The largest absolute Gasteiger partial charge is 0.324 e. The van der Waals surface area contributed by atoms with Crippen LogP contribution in [-0.4, -0.2) is 43.8 Å². The van der Waals surface area contributed by atoms with E-state index >= 15 is 0 Å². The van der Waals surface area contributed by atoms with Gasteiger partial charge in [-0.3, -0.25) is 0 Å². The van der Waals surface area contributed by atoms with E-state index in [-0.39, 0.29) is 0 Å². The lowest BCUT2D eigenvalue weighted by molar-refractivity contribution is -0.917. The lowest BCUT2D eigenvalue weighted by Gasteiger charge is -2.43. The third kappa shape index (κ3) is 1.94. The number of piperazine rings is 1. The van der Waals surface area contributed by atoms with Gasteiger partial charge in [-0.2, -0.15) is 0 Å². The number of quaternary nitrogens is 1. The van der Waals surface area contributed by atoms with Crippen LogP contribution in [-0.2, 0) is 0 Å². The van der Waals surface area contributed by atoms with Gasteiger partial charge >= 0.3 is 0 Å². The molecule has 1 fully saturated rings. The van der Waals surface area contributed by atoms with E-state index in [0.717, 1.165) is 12.1 Å². The summed E-state index contributed by atoms with van der Waals surface area (Å²) in [4.78, 5) is 0. The second kappa shape index (κ2) is 3.11. The van der Waals surface area contributed by atoms with Crippen LogP contribution >= 0.6 is 0 Å². The second-order valence-corrected chi connectivity index (χ2v) is 4.32. The average Bonchev–Trinajstić information content (AvgIpc) is 1.95. The molecule has 0 bridgehead atoms. The van der Waals surface area contributed by atoms with Crippen LogP contribution in [0.4, 0.5) is 0 Å². The summed E-state index contributed by atoms with van der Waals surface area (Å²) in [5.74, 6) is 0. The van der Waals surface area contributed by atoms with Crippen LogP contribution in [0.3, 0.4) is 0 Å². The van der Waals surface area contributed by atoms with Gasteiger partial charge in [0.2, 0.25) is 0 Å². The van der Waals surface area contributed by atoms with Crippen molar-refractivity contribution in [3.05, 3.63) is 0 Å². The molecule has 0 radical (unpaired) electrons. The first kappa shape index (κ1) is 9.01. The Morgan fingerprint density at radius 1 is 1.45 bits per heavy atom. The Kier molecular flexibility index (Phi) is 2.55. The molecule has 11 heavy (non-hydrogen) atoms. The van der Waals surface area contributed by atoms with Crippen molar-refractivity contribution < 1.29 is 4.48 Å².